The van der Waals surface area contributed by atoms with E-state index < -0.39 is 0 Å². The fourth-order valence-corrected chi connectivity index (χ4v) is 3.00. The summed E-state index contributed by atoms with van der Waals surface area (Å²) in [5.74, 6) is 3.72. The van der Waals surface area contributed by atoms with Crippen molar-refractivity contribution >= 4 is 0 Å². The van der Waals surface area contributed by atoms with Gasteiger partial charge in [-0.3, -0.25) is 0 Å². The van der Waals surface area contributed by atoms with Gasteiger partial charge in [-0.15, -0.1) is 0 Å². The first-order valence-corrected chi connectivity index (χ1v) is 6.94. The van der Waals surface area contributed by atoms with Crippen molar-refractivity contribution in [3.63, 3.8) is 0 Å². The van der Waals surface area contributed by atoms with E-state index in [2.05, 4.69) is 57.2 Å². The standard InChI is InChI=1S/C17H24O/c1-12(2)11-17-13(3)5-10-16(17)14-6-8-15(18-4)9-7-14/h5-10,12-13,16-17H,11H2,1-4H3. The number of allylic oxidation sites excluding steroid dienone is 2. The van der Waals surface area contributed by atoms with E-state index in [0.29, 0.717) is 11.8 Å². The maximum Gasteiger partial charge on any atom is 0.118 e. The average molecular weight is 244 g/mol. The van der Waals surface area contributed by atoms with Gasteiger partial charge < -0.3 is 4.74 Å². The Labute approximate surface area is 111 Å². The Bertz CT molecular complexity index is 402. The SMILES string of the molecule is COc1ccc(C2C=CC(C)C2CC(C)C)cc1. The molecule has 0 amide bonds. The van der Waals surface area contributed by atoms with Gasteiger partial charge in [0.2, 0.25) is 0 Å². The van der Waals surface area contributed by atoms with Gasteiger partial charge in [-0.2, -0.15) is 0 Å². The Morgan fingerprint density at radius 1 is 1.11 bits per heavy atom. The number of hydrogen-bond acceptors (Lipinski definition) is 1. The number of hydrogen-bond donors (Lipinski definition) is 0. The van der Waals surface area contributed by atoms with Gasteiger partial charge in [0, 0.05) is 5.92 Å². The van der Waals surface area contributed by atoms with Crippen LogP contribution in [-0.4, -0.2) is 7.11 Å². The lowest BCUT2D eigenvalue weighted by molar-refractivity contribution is 0.334. The maximum atomic E-state index is 5.23. The molecule has 1 aliphatic carbocycles. The number of ether oxygens (including phenoxy) is 1. The van der Waals surface area contributed by atoms with Gasteiger partial charge in [0.1, 0.15) is 5.75 Å². The second-order valence-corrected chi connectivity index (χ2v) is 5.84. The monoisotopic (exact) mass is 244 g/mol. The molecule has 1 heteroatoms. The van der Waals surface area contributed by atoms with Crippen LogP contribution in [0.2, 0.25) is 0 Å². The molecule has 0 aromatic heterocycles. The minimum absolute atomic E-state index is 0.577. The van der Waals surface area contributed by atoms with Crippen LogP contribution >= 0.6 is 0 Å². The molecule has 18 heavy (non-hydrogen) atoms. The van der Waals surface area contributed by atoms with Gasteiger partial charge in [0.15, 0.2) is 0 Å². The molecular formula is C17H24O. The lowest BCUT2D eigenvalue weighted by atomic mass is 9.79. The third-order valence-electron chi connectivity index (χ3n) is 4.00. The Balaban J connectivity index is 2.17. The van der Waals surface area contributed by atoms with Crippen molar-refractivity contribution in [1.82, 2.24) is 0 Å². The predicted octanol–water partition coefficient (Wildman–Crippen LogP) is 4.65. The van der Waals surface area contributed by atoms with Crippen molar-refractivity contribution in [2.24, 2.45) is 17.8 Å². The highest BCUT2D eigenvalue weighted by atomic mass is 16.5. The Hall–Kier alpha value is -1.24. The largest absolute Gasteiger partial charge is 0.497 e. The molecule has 1 aromatic carbocycles. The molecule has 0 bridgehead atoms. The highest BCUT2D eigenvalue weighted by Crippen LogP contribution is 2.41. The zero-order valence-corrected chi connectivity index (χ0v) is 11.9. The molecule has 0 radical (unpaired) electrons. The molecule has 1 nitrogen and oxygen atoms in total. The molecular weight excluding hydrogens is 220 g/mol. The summed E-state index contributed by atoms with van der Waals surface area (Å²) in [5, 5.41) is 0. The van der Waals surface area contributed by atoms with Crippen LogP contribution in [0.15, 0.2) is 36.4 Å². The number of rotatable bonds is 4. The summed E-state index contributed by atoms with van der Waals surface area (Å²) in [5.41, 5.74) is 1.42. The van der Waals surface area contributed by atoms with E-state index in [4.69, 9.17) is 4.74 Å². The lowest BCUT2D eigenvalue weighted by Crippen LogP contribution is -2.15. The van der Waals surface area contributed by atoms with E-state index >= 15 is 0 Å². The van der Waals surface area contributed by atoms with Gasteiger partial charge >= 0.3 is 0 Å². The fourth-order valence-electron chi connectivity index (χ4n) is 3.00. The normalized spacial score (nSPS) is 26.8. The molecule has 3 unspecified atom stereocenters. The topological polar surface area (TPSA) is 9.23 Å². The van der Waals surface area contributed by atoms with Crippen molar-refractivity contribution < 1.29 is 4.74 Å². The lowest BCUT2D eigenvalue weighted by Gasteiger charge is -2.25. The molecule has 0 spiro atoms. The van der Waals surface area contributed by atoms with Gasteiger partial charge in [-0.1, -0.05) is 45.1 Å². The van der Waals surface area contributed by atoms with Gasteiger partial charge in [0.25, 0.3) is 0 Å². The molecule has 3 atom stereocenters. The molecule has 0 saturated heterocycles. The molecule has 2 rings (SSSR count). The van der Waals surface area contributed by atoms with Crippen LogP contribution in [0.3, 0.4) is 0 Å². The molecule has 98 valence electrons. The van der Waals surface area contributed by atoms with E-state index in [1.165, 1.54) is 12.0 Å². The van der Waals surface area contributed by atoms with E-state index in [-0.39, 0.29) is 0 Å². The third kappa shape index (κ3) is 2.77. The fraction of sp³-hybridized carbons (Fsp3) is 0.529. The van der Waals surface area contributed by atoms with Gasteiger partial charge in [-0.05, 0) is 41.9 Å². The summed E-state index contributed by atoms with van der Waals surface area (Å²) >= 11 is 0. The minimum Gasteiger partial charge on any atom is -0.497 e. The molecule has 0 heterocycles. The molecule has 0 saturated carbocycles. The second kappa shape index (κ2) is 5.60. The van der Waals surface area contributed by atoms with Crippen molar-refractivity contribution in [3.05, 3.63) is 42.0 Å². The number of benzene rings is 1. The summed E-state index contributed by atoms with van der Waals surface area (Å²) in [4.78, 5) is 0. The van der Waals surface area contributed by atoms with Crippen molar-refractivity contribution in [2.45, 2.75) is 33.1 Å². The van der Waals surface area contributed by atoms with Crippen LogP contribution in [0.25, 0.3) is 0 Å². The Morgan fingerprint density at radius 3 is 2.33 bits per heavy atom. The summed E-state index contributed by atoms with van der Waals surface area (Å²) in [6.07, 6.45) is 6.06. The van der Waals surface area contributed by atoms with Crippen molar-refractivity contribution in [1.29, 1.82) is 0 Å². The van der Waals surface area contributed by atoms with Crippen LogP contribution in [0.1, 0.15) is 38.7 Å². The second-order valence-electron chi connectivity index (χ2n) is 5.84. The zero-order chi connectivity index (χ0) is 13.1. The van der Waals surface area contributed by atoms with Crippen LogP contribution in [0, 0.1) is 17.8 Å². The summed E-state index contributed by atoms with van der Waals surface area (Å²) < 4.78 is 5.23. The summed E-state index contributed by atoms with van der Waals surface area (Å²) in [6, 6.07) is 8.55. The first-order chi connectivity index (χ1) is 8.61. The smallest absolute Gasteiger partial charge is 0.118 e. The first kappa shape index (κ1) is 13.2. The van der Waals surface area contributed by atoms with Crippen LogP contribution in [0.5, 0.6) is 5.75 Å². The predicted molar refractivity (Wildman–Crippen MR) is 77.0 cm³/mol. The Morgan fingerprint density at radius 2 is 1.78 bits per heavy atom. The number of methoxy groups -OCH3 is 1. The van der Waals surface area contributed by atoms with Crippen LogP contribution in [0.4, 0.5) is 0 Å². The summed E-state index contributed by atoms with van der Waals surface area (Å²) in [6.45, 7) is 6.97. The summed E-state index contributed by atoms with van der Waals surface area (Å²) in [7, 11) is 1.72. The van der Waals surface area contributed by atoms with E-state index in [1.54, 1.807) is 7.11 Å². The van der Waals surface area contributed by atoms with Crippen molar-refractivity contribution in [2.75, 3.05) is 7.11 Å². The highest BCUT2D eigenvalue weighted by molar-refractivity contribution is 5.33. The first-order valence-electron chi connectivity index (χ1n) is 6.94. The molecule has 1 aromatic rings. The van der Waals surface area contributed by atoms with Crippen LogP contribution in [-0.2, 0) is 0 Å². The third-order valence-corrected chi connectivity index (χ3v) is 4.00. The van der Waals surface area contributed by atoms with Gasteiger partial charge in [-0.25, -0.2) is 0 Å². The maximum absolute atomic E-state index is 5.23. The molecule has 1 aliphatic rings. The average Bonchev–Trinajstić information content (AvgIpc) is 2.71. The quantitative estimate of drug-likeness (QED) is 0.701. The van der Waals surface area contributed by atoms with E-state index in [0.717, 1.165) is 17.6 Å². The zero-order valence-electron chi connectivity index (χ0n) is 11.9. The van der Waals surface area contributed by atoms with E-state index in [9.17, 15) is 0 Å². The van der Waals surface area contributed by atoms with Crippen molar-refractivity contribution in [3.8, 4) is 5.75 Å². The van der Waals surface area contributed by atoms with Crippen LogP contribution < -0.4 is 4.74 Å². The highest BCUT2D eigenvalue weighted by Gasteiger charge is 2.30. The molecule has 0 N–H and O–H groups in total. The Kier molecular flexibility index (Phi) is 4.11. The van der Waals surface area contributed by atoms with E-state index in [1.807, 2.05) is 0 Å². The molecule has 0 fully saturated rings. The molecule has 0 aliphatic heterocycles. The van der Waals surface area contributed by atoms with Gasteiger partial charge in [0.05, 0.1) is 7.11 Å². The minimum atomic E-state index is 0.577.